The summed E-state index contributed by atoms with van der Waals surface area (Å²) in [6.07, 6.45) is 14.4. The van der Waals surface area contributed by atoms with Gasteiger partial charge in [0.25, 0.3) is 0 Å². The van der Waals surface area contributed by atoms with E-state index in [1.807, 2.05) is 0 Å². The number of carbonyl (C=O) groups excluding carboxylic acids is 1. The zero-order chi connectivity index (χ0) is 12.1. The molecule has 0 aromatic carbocycles. The molecule has 1 heteroatoms. The van der Waals surface area contributed by atoms with E-state index in [9.17, 15) is 4.79 Å². The molecule has 0 aromatic rings. The maximum absolute atomic E-state index is 12.6. The molecule has 0 N–H and O–H groups in total. The molecule has 1 saturated carbocycles. The molecule has 17 heavy (non-hydrogen) atoms. The maximum Gasteiger partial charge on any atom is 0.161 e. The van der Waals surface area contributed by atoms with E-state index in [-0.39, 0.29) is 0 Å². The zero-order valence-electron chi connectivity index (χ0n) is 11.2. The van der Waals surface area contributed by atoms with Crippen LogP contribution >= 0.6 is 0 Å². The molecule has 0 spiro atoms. The van der Waals surface area contributed by atoms with Gasteiger partial charge in [-0.3, -0.25) is 4.79 Å². The van der Waals surface area contributed by atoms with Gasteiger partial charge in [-0.05, 0) is 50.0 Å². The lowest BCUT2D eigenvalue weighted by Gasteiger charge is -2.30. The highest BCUT2D eigenvalue weighted by molar-refractivity contribution is 5.97. The number of rotatable bonds is 3. The van der Waals surface area contributed by atoms with Crippen LogP contribution in [0.4, 0.5) is 0 Å². The first-order valence-electron chi connectivity index (χ1n) is 7.56. The van der Waals surface area contributed by atoms with Crippen molar-refractivity contribution < 1.29 is 4.79 Å². The van der Waals surface area contributed by atoms with E-state index in [0.717, 1.165) is 19.3 Å². The van der Waals surface area contributed by atoms with E-state index in [2.05, 4.69) is 13.0 Å². The molecule has 0 bridgehead atoms. The number of hydrogen-bond acceptors (Lipinski definition) is 1. The Morgan fingerprint density at radius 2 is 2.00 bits per heavy atom. The third-order valence-corrected chi connectivity index (χ3v) is 4.63. The minimum atomic E-state index is 0.359. The van der Waals surface area contributed by atoms with E-state index in [0.29, 0.717) is 17.6 Å². The van der Waals surface area contributed by atoms with Crippen LogP contribution in [-0.4, -0.2) is 5.78 Å². The molecule has 0 aliphatic heterocycles. The largest absolute Gasteiger partial charge is 0.294 e. The Morgan fingerprint density at radius 3 is 2.82 bits per heavy atom. The summed E-state index contributed by atoms with van der Waals surface area (Å²) in [5.41, 5.74) is 1.17. The van der Waals surface area contributed by atoms with Gasteiger partial charge in [-0.2, -0.15) is 0 Å². The van der Waals surface area contributed by atoms with Crippen molar-refractivity contribution in [3.63, 3.8) is 0 Å². The lowest BCUT2D eigenvalue weighted by atomic mass is 9.74. The van der Waals surface area contributed by atoms with Crippen molar-refractivity contribution >= 4 is 5.78 Å². The fourth-order valence-electron chi connectivity index (χ4n) is 3.52. The van der Waals surface area contributed by atoms with E-state index < -0.39 is 0 Å². The molecular weight excluding hydrogens is 208 g/mol. The number of carbonyl (C=O) groups is 1. The predicted molar refractivity (Wildman–Crippen MR) is 71.9 cm³/mol. The van der Waals surface area contributed by atoms with Crippen LogP contribution in [0.15, 0.2) is 11.6 Å². The zero-order valence-corrected chi connectivity index (χ0v) is 11.2. The smallest absolute Gasteiger partial charge is 0.161 e. The molecule has 0 amide bonds. The molecule has 1 nitrogen and oxygen atoms in total. The molecule has 2 aliphatic carbocycles. The van der Waals surface area contributed by atoms with Crippen LogP contribution in [0.2, 0.25) is 0 Å². The van der Waals surface area contributed by atoms with Crippen LogP contribution in [0.25, 0.3) is 0 Å². The second kappa shape index (κ2) is 6.37. The Kier molecular flexibility index (Phi) is 4.82. The molecule has 0 aromatic heterocycles. The van der Waals surface area contributed by atoms with Crippen LogP contribution in [0, 0.1) is 11.8 Å². The van der Waals surface area contributed by atoms with Gasteiger partial charge in [0.05, 0.1) is 0 Å². The number of hydrogen-bond donors (Lipinski definition) is 0. The third kappa shape index (κ3) is 3.20. The Labute approximate surface area is 106 Å². The highest BCUT2D eigenvalue weighted by Gasteiger charge is 2.31. The first-order chi connectivity index (χ1) is 8.33. The highest BCUT2D eigenvalue weighted by Crippen LogP contribution is 2.35. The molecule has 1 fully saturated rings. The summed E-state index contributed by atoms with van der Waals surface area (Å²) in [5, 5.41) is 0. The van der Waals surface area contributed by atoms with Crippen molar-refractivity contribution in [3.05, 3.63) is 11.6 Å². The van der Waals surface area contributed by atoms with Crippen LogP contribution in [0.5, 0.6) is 0 Å². The van der Waals surface area contributed by atoms with Crippen LogP contribution in [0.3, 0.4) is 0 Å². The average Bonchev–Trinajstić information content (AvgIpc) is 2.66. The standard InChI is InChI=1S/C16H26O/c1-2-13-9-7-8-12-15(13)16(17)14-10-5-3-4-6-11-14/h10,13,15H,2-9,11-12H2,1H3. The Hall–Kier alpha value is -0.590. The van der Waals surface area contributed by atoms with E-state index >= 15 is 0 Å². The second-order valence-corrected chi connectivity index (χ2v) is 5.75. The molecule has 2 aliphatic rings. The van der Waals surface area contributed by atoms with E-state index in [1.165, 1.54) is 50.5 Å². The minimum absolute atomic E-state index is 0.359. The second-order valence-electron chi connectivity index (χ2n) is 5.75. The molecule has 0 saturated heterocycles. The van der Waals surface area contributed by atoms with Gasteiger partial charge in [0.15, 0.2) is 5.78 Å². The van der Waals surface area contributed by atoms with Crippen LogP contribution < -0.4 is 0 Å². The summed E-state index contributed by atoms with van der Waals surface area (Å²) in [4.78, 5) is 12.6. The lowest BCUT2D eigenvalue weighted by Crippen LogP contribution is -2.28. The number of allylic oxidation sites excluding steroid dienone is 2. The van der Waals surface area contributed by atoms with Crippen molar-refractivity contribution in [2.24, 2.45) is 11.8 Å². The van der Waals surface area contributed by atoms with Gasteiger partial charge in [0.1, 0.15) is 0 Å². The normalized spacial score (nSPS) is 30.5. The van der Waals surface area contributed by atoms with Crippen LogP contribution in [0.1, 0.15) is 71.1 Å². The van der Waals surface area contributed by atoms with Gasteiger partial charge in [-0.15, -0.1) is 0 Å². The Bertz CT molecular complexity index is 290. The van der Waals surface area contributed by atoms with Crippen molar-refractivity contribution in [1.29, 1.82) is 0 Å². The van der Waals surface area contributed by atoms with Crippen LogP contribution in [-0.2, 0) is 4.79 Å². The van der Waals surface area contributed by atoms with E-state index in [4.69, 9.17) is 0 Å². The molecule has 2 rings (SSSR count). The molecule has 0 radical (unpaired) electrons. The minimum Gasteiger partial charge on any atom is -0.294 e. The third-order valence-electron chi connectivity index (χ3n) is 4.63. The molecule has 2 unspecified atom stereocenters. The fourth-order valence-corrected chi connectivity index (χ4v) is 3.52. The summed E-state index contributed by atoms with van der Waals surface area (Å²) in [6.45, 7) is 2.25. The Balaban J connectivity index is 2.03. The van der Waals surface area contributed by atoms with Gasteiger partial charge in [0.2, 0.25) is 0 Å². The lowest BCUT2D eigenvalue weighted by molar-refractivity contribution is -0.122. The first-order valence-corrected chi connectivity index (χ1v) is 7.56. The van der Waals surface area contributed by atoms with Gasteiger partial charge in [0, 0.05) is 5.92 Å². The van der Waals surface area contributed by atoms with Gasteiger partial charge >= 0.3 is 0 Å². The average molecular weight is 234 g/mol. The monoisotopic (exact) mass is 234 g/mol. The molecule has 2 atom stereocenters. The fraction of sp³-hybridized carbons (Fsp3) is 0.812. The highest BCUT2D eigenvalue weighted by atomic mass is 16.1. The summed E-state index contributed by atoms with van der Waals surface area (Å²) in [5.74, 6) is 1.54. The van der Waals surface area contributed by atoms with Crippen molar-refractivity contribution in [1.82, 2.24) is 0 Å². The number of ketones is 1. The maximum atomic E-state index is 12.6. The molecular formula is C16H26O. The van der Waals surface area contributed by atoms with Gasteiger partial charge in [-0.25, -0.2) is 0 Å². The predicted octanol–water partition coefficient (Wildman–Crippen LogP) is 4.66. The molecule has 96 valence electrons. The summed E-state index contributed by atoms with van der Waals surface area (Å²) < 4.78 is 0. The summed E-state index contributed by atoms with van der Waals surface area (Å²) in [7, 11) is 0. The first kappa shape index (κ1) is 12.9. The van der Waals surface area contributed by atoms with Crippen molar-refractivity contribution in [2.45, 2.75) is 71.1 Å². The summed E-state index contributed by atoms with van der Waals surface area (Å²) in [6, 6.07) is 0. The quantitative estimate of drug-likeness (QED) is 0.694. The van der Waals surface area contributed by atoms with Crippen molar-refractivity contribution in [2.75, 3.05) is 0 Å². The summed E-state index contributed by atoms with van der Waals surface area (Å²) >= 11 is 0. The Morgan fingerprint density at radius 1 is 1.18 bits per heavy atom. The van der Waals surface area contributed by atoms with Gasteiger partial charge < -0.3 is 0 Å². The van der Waals surface area contributed by atoms with Crippen molar-refractivity contribution in [3.8, 4) is 0 Å². The SMILES string of the molecule is CCC1CCCCC1C(=O)C1=CCCCCC1. The van der Waals surface area contributed by atoms with Gasteiger partial charge in [-0.1, -0.05) is 38.7 Å². The molecule has 0 heterocycles. The number of Topliss-reactive ketones (excluding diaryl/α,β-unsaturated/α-hetero) is 1. The topological polar surface area (TPSA) is 17.1 Å². The van der Waals surface area contributed by atoms with E-state index in [1.54, 1.807) is 0 Å².